The Morgan fingerprint density at radius 3 is 1.83 bits per heavy atom. The van der Waals surface area contributed by atoms with E-state index in [-0.39, 0.29) is 17.7 Å². The first-order valence-electron chi connectivity index (χ1n) is 8.75. The number of nitrogen functional groups attached to an aromatic ring is 1. The third-order valence-corrected chi connectivity index (χ3v) is 3.73. The van der Waals surface area contributed by atoms with E-state index in [2.05, 4.69) is 10.6 Å². The Hall–Kier alpha value is -4.13. The highest BCUT2D eigenvalue weighted by Crippen LogP contribution is 2.18. The number of hydrogen-bond acceptors (Lipinski definition) is 4. The van der Waals surface area contributed by atoms with Crippen molar-refractivity contribution in [2.75, 3.05) is 16.4 Å². The number of carbonyl (C=O) groups excluding carboxylic acids is 3. The van der Waals surface area contributed by atoms with Crippen molar-refractivity contribution in [2.24, 2.45) is 5.73 Å². The van der Waals surface area contributed by atoms with Crippen LogP contribution in [-0.4, -0.2) is 17.7 Å². The van der Waals surface area contributed by atoms with E-state index < -0.39 is 0 Å². The average Bonchev–Trinajstić information content (AvgIpc) is 2.71. The summed E-state index contributed by atoms with van der Waals surface area (Å²) in [5.41, 5.74) is 13.5. The maximum absolute atomic E-state index is 12.0. The number of amides is 3. The van der Waals surface area contributed by atoms with Gasteiger partial charge in [0.1, 0.15) is 0 Å². The molecule has 0 saturated heterocycles. The molecule has 3 aromatic rings. The molecule has 0 atom stereocenters. The van der Waals surface area contributed by atoms with E-state index in [0.29, 0.717) is 28.2 Å². The Kier molecular flexibility index (Phi) is 7.50. The summed E-state index contributed by atoms with van der Waals surface area (Å²) in [5, 5.41) is 5.37. The maximum Gasteiger partial charge on any atom is 0.255 e. The van der Waals surface area contributed by atoms with E-state index >= 15 is 0 Å². The van der Waals surface area contributed by atoms with Crippen molar-refractivity contribution in [2.45, 2.75) is 6.92 Å². The lowest BCUT2D eigenvalue weighted by molar-refractivity contribution is -0.114. The van der Waals surface area contributed by atoms with Gasteiger partial charge in [-0.3, -0.25) is 14.4 Å². The molecule has 0 aromatic heterocycles. The third-order valence-electron chi connectivity index (χ3n) is 3.73. The van der Waals surface area contributed by atoms with Crippen molar-refractivity contribution in [3.8, 4) is 0 Å². The van der Waals surface area contributed by atoms with E-state index in [9.17, 15) is 14.4 Å². The lowest BCUT2D eigenvalue weighted by Gasteiger charge is -2.08. The largest absolute Gasteiger partial charge is 0.397 e. The van der Waals surface area contributed by atoms with Gasteiger partial charge in [-0.25, -0.2) is 0 Å². The summed E-state index contributed by atoms with van der Waals surface area (Å²) in [5.74, 6) is -0.785. The fraction of sp³-hybridized carbons (Fsp3) is 0.0455. The van der Waals surface area contributed by atoms with Gasteiger partial charge in [-0.15, -0.1) is 0 Å². The van der Waals surface area contributed by atoms with Crippen LogP contribution in [0.1, 0.15) is 27.6 Å². The molecular formula is C22H22N4O3. The van der Waals surface area contributed by atoms with Crippen molar-refractivity contribution in [1.29, 1.82) is 0 Å². The number of benzene rings is 3. The Labute approximate surface area is 168 Å². The SMILES string of the molecule is CC(=O)Nc1ccc(C(=O)Nc2ccccc2N)cc1.NC(=O)c1ccccc1. The number of rotatable bonds is 4. The highest BCUT2D eigenvalue weighted by Gasteiger charge is 2.07. The van der Waals surface area contributed by atoms with Gasteiger partial charge in [-0.05, 0) is 48.5 Å². The predicted molar refractivity (Wildman–Crippen MR) is 115 cm³/mol. The zero-order chi connectivity index (χ0) is 21.2. The summed E-state index contributed by atoms with van der Waals surface area (Å²) in [6, 6.07) is 22.4. The first-order chi connectivity index (χ1) is 13.9. The lowest BCUT2D eigenvalue weighted by Crippen LogP contribution is -2.13. The third kappa shape index (κ3) is 6.84. The number of carbonyl (C=O) groups is 3. The smallest absolute Gasteiger partial charge is 0.255 e. The maximum atomic E-state index is 12.0. The van der Waals surface area contributed by atoms with E-state index in [1.54, 1.807) is 72.8 Å². The van der Waals surface area contributed by atoms with Crippen LogP contribution < -0.4 is 22.1 Å². The Bertz CT molecular complexity index is 986. The molecule has 0 unspecified atom stereocenters. The van der Waals surface area contributed by atoms with Gasteiger partial charge in [-0.2, -0.15) is 0 Å². The second kappa shape index (κ2) is 10.3. The second-order valence-corrected chi connectivity index (χ2v) is 6.03. The number of nitrogens with one attached hydrogen (secondary N) is 2. The first-order valence-corrected chi connectivity index (χ1v) is 8.75. The van der Waals surface area contributed by atoms with E-state index in [1.165, 1.54) is 6.92 Å². The summed E-state index contributed by atoms with van der Waals surface area (Å²) >= 11 is 0. The Balaban J connectivity index is 0.000000278. The molecule has 0 radical (unpaired) electrons. The van der Waals surface area contributed by atoms with Gasteiger partial charge in [0.25, 0.3) is 5.91 Å². The number of anilines is 3. The number of hydrogen-bond donors (Lipinski definition) is 4. The molecule has 7 heteroatoms. The fourth-order valence-corrected chi connectivity index (χ4v) is 2.32. The quantitative estimate of drug-likeness (QED) is 0.510. The molecule has 0 heterocycles. The second-order valence-electron chi connectivity index (χ2n) is 6.03. The zero-order valence-corrected chi connectivity index (χ0v) is 15.9. The number of primary amides is 1. The van der Waals surface area contributed by atoms with Crippen molar-refractivity contribution in [3.05, 3.63) is 90.0 Å². The molecular weight excluding hydrogens is 368 g/mol. The van der Waals surface area contributed by atoms with Crippen LogP contribution in [-0.2, 0) is 4.79 Å². The average molecular weight is 390 g/mol. The van der Waals surface area contributed by atoms with Crippen molar-refractivity contribution in [3.63, 3.8) is 0 Å². The van der Waals surface area contributed by atoms with Gasteiger partial charge < -0.3 is 22.1 Å². The molecule has 0 aliphatic carbocycles. The summed E-state index contributed by atoms with van der Waals surface area (Å²) in [6.45, 7) is 1.43. The van der Waals surface area contributed by atoms with Crippen LogP contribution in [0.2, 0.25) is 0 Å². The molecule has 0 aliphatic heterocycles. The van der Waals surface area contributed by atoms with E-state index in [4.69, 9.17) is 11.5 Å². The van der Waals surface area contributed by atoms with Crippen LogP contribution >= 0.6 is 0 Å². The van der Waals surface area contributed by atoms with Crippen LogP contribution in [0.15, 0.2) is 78.9 Å². The lowest BCUT2D eigenvalue weighted by atomic mass is 10.2. The van der Waals surface area contributed by atoms with Crippen LogP contribution in [0.3, 0.4) is 0 Å². The highest BCUT2D eigenvalue weighted by molar-refractivity contribution is 6.06. The van der Waals surface area contributed by atoms with Gasteiger partial charge in [0.05, 0.1) is 11.4 Å². The van der Waals surface area contributed by atoms with E-state index in [1.807, 2.05) is 6.07 Å². The van der Waals surface area contributed by atoms with Gasteiger partial charge in [0, 0.05) is 23.7 Å². The Morgan fingerprint density at radius 2 is 1.31 bits per heavy atom. The monoisotopic (exact) mass is 390 g/mol. The van der Waals surface area contributed by atoms with Crippen LogP contribution in [0.25, 0.3) is 0 Å². The standard InChI is InChI=1S/C15H15N3O2.C7H7NO/c1-10(19)17-12-8-6-11(7-9-12)15(20)18-14-5-3-2-4-13(14)16;8-7(9)6-4-2-1-3-5-6/h2-9H,16H2,1H3,(H,17,19)(H,18,20);1-5H,(H2,8,9). The molecule has 6 N–H and O–H groups in total. The molecule has 148 valence electrons. The minimum absolute atomic E-state index is 0.153. The molecule has 7 nitrogen and oxygen atoms in total. The first kappa shape index (κ1) is 21.2. The van der Waals surface area contributed by atoms with Crippen LogP contribution in [0.5, 0.6) is 0 Å². The minimum Gasteiger partial charge on any atom is -0.397 e. The van der Waals surface area contributed by atoms with Gasteiger partial charge in [0.2, 0.25) is 11.8 Å². The van der Waals surface area contributed by atoms with Crippen molar-refractivity contribution in [1.82, 2.24) is 0 Å². The van der Waals surface area contributed by atoms with Gasteiger partial charge >= 0.3 is 0 Å². The molecule has 0 fully saturated rings. The number of para-hydroxylation sites is 2. The molecule has 3 amide bonds. The highest BCUT2D eigenvalue weighted by atomic mass is 16.2. The molecule has 0 aliphatic rings. The normalized spacial score (nSPS) is 9.55. The molecule has 0 spiro atoms. The topological polar surface area (TPSA) is 127 Å². The van der Waals surface area contributed by atoms with Crippen LogP contribution in [0, 0.1) is 0 Å². The summed E-state index contributed by atoms with van der Waals surface area (Å²) in [7, 11) is 0. The van der Waals surface area contributed by atoms with Crippen molar-refractivity contribution < 1.29 is 14.4 Å². The minimum atomic E-state index is -0.379. The number of nitrogens with two attached hydrogens (primary N) is 2. The predicted octanol–water partition coefficient (Wildman–Crippen LogP) is 3.27. The van der Waals surface area contributed by atoms with Gasteiger partial charge in [-0.1, -0.05) is 30.3 Å². The molecule has 0 bridgehead atoms. The van der Waals surface area contributed by atoms with Gasteiger partial charge in [0.15, 0.2) is 0 Å². The van der Waals surface area contributed by atoms with Crippen LogP contribution in [0.4, 0.5) is 17.1 Å². The fourth-order valence-electron chi connectivity index (χ4n) is 2.32. The van der Waals surface area contributed by atoms with E-state index in [0.717, 1.165) is 0 Å². The van der Waals surface area contributed by atoms with Crippen molar-refractivity contribution >= 4 is 34.8 Å². The molecule has 0 saturated carbocycles. The Morgan fingerprint density at radius 1 is 0.724 bits per heavy atom. The molecule has 3 rings (SSSR count). The molecule has 29 heavy (non-hydrogen) atoms. The summed E-state index contributed by atoms with van der Waals surface area (Å²) in [4.78, 5) is 33.4. The summed E-state index contributed by atoms with van der Waals surface area (Å²) < 4.78 is 0. The zero-order valence-electron chi connectivity index (χ0n) is 15.9. The summed E-state index contributed by atoms with van der Waals surface area (Å²) in [6.07, 6.45) is 0. The molecule has 3 aromatic carbocycles.